The minimum atomic E-state index is 0.0151. The second kappa shape index (κ2) is 4.78. The first-order valence-corrected chi connectivity index (χ1v) is 6.16. The highest BCUT2D eigenvalue weighted by Gasteiger charge is 2.26. The maximum absolute atomic E-state index is 11.4. The maximum atomic E-state index is 11.4. The minimum Gasteiger partial charge on any atom is -0.329 e. The Balaban J connectivity index is 2.06. The van der Waals surface area contributed by atoms with E-state index < -0.39 is 0 Å². The number of likely N-dealkylation sites (N-methyl/N-ethyl adjacent to an activating group) is 1. The van der Waals surface area contributed by atoms with Gasteiger partial charge in [-0.2, -0.15) is 0 Å². The first-order valence-electron chi connectivity index (χ1n) is 6.16. The molecule has 1 unspecified atom stereocenters. The van der Waals surface area contributed by atoms with E-state index in [1.54, 1.807) is 4.90 Å². The van der Waals surface area contributed by atoms with Crippen LogP contribution in [-0.2, 0) is 6.42 Å². The van der Waals surface area contributed by atoms with Crippen LogP contribution < -0.4 is 5.32 Å². The predicted octanol–water partition coefficient (Wildman–Crippen LogP) is 2.58. The van der Waals surface area contributed by atoms with Crippen molar-refractivity contribution in [1.82, 2.24) is 10.2 Å². The van der Waals surface area contributed by atoms with Crippen molar-refractivity contribution >= 4 is 6.03 Å². The molecular weight excluding hydrogens is 212 g/mol. The summed E-state index contributed by atoms with van der Waals surface area (Å²) in [7, 11) is 1.82. The zero-order valence-electron chi connectivity index (χ0n) is 10.7. The Morgan fingerprint density at radius 1 is 1.35 bits per heavy atom. The minimum absolute atomic E-state index is 0.0151. The molecule has 0 saturated carbocycles. The van der Waals surface area contributed by atoms with Gasteiger partial charge in [0.05, 0.1) is 6.04 Å². The number of nitrogens with one attached hydrogen (secondary N) is 1. The molecule has 0 aliphatic carbocycles. The van der Waals surface area contributed by atoms with E-state index in [-0.39, 0.29) is 12.1 Å². The molecule has 1 aliphatic heterocycles. The average Bonchev–Trinajstić information content (AvgIpc) is 2.59. The average molecular weight is 232 g/mol. The zero-order valence-corrected chi connectivity index (χ0v) is 10.7. The second-order valence-electron chi connectivity index (χ2n) is 5.22. The molecule has 1 heterocycles. The largest absolute Gasteiger partial charge is 0.329 e. The fourth-order valence-electron chi connectivity index (χ4n) is 2.21. The van der Waals surface area contributed by atoms with Gasteiger partial charge in [-0.05, 0) is 23.5 Å². The molecule has 1 aromatic rings. The Kier molecular flexibility index (Phi) is 3.36. The van der Waals surface area contributed by atoms with E-state index in [2.05, 4.69) is 43.4 Å². The summed E-state index contributed by atoms with van der Waals surface area (Å²) < 4.78 is 0. The van der Waals surface area contributed by atoms with Crippen LogP contribution >= 0.6 is 0 Å². The fourth-order valence-corrected chi connectivity index (χ4v) is 2.21. The first-order chi connectivity index (χ1) is 8.06. The molecule has 92 valence electrons. The third kappa shape index (κ3) is 2.78. The summed E-state index contributed by atoms with van der Waals surface area (Å²) in [5.74, 6) is 0.679. The van der Waals surface area contributed by atoms with Crippen LogP contribution in [0.15, 0.2) is 24.3 Å². The summed E-state index contributed by atoms with van der Waals surface area (Å²) in [5.41, 5.74) is 2.55. The number of hydrogen-bond acceptors (Lipinski definition) is 1. The van der Waals surface area contributed by atoms with E-state index in [9.17, 15) is 4.79 Å². The predicted molar refractivity (Wildman–Crippen MR) is 68.9 cm³/mol. The molecule has 2 rings (SSSR count). The Bertz CT molecular complexity index is 397. The fraction of sp³-hybridized carbons (Fsp3) is 0.500. The van der Waals surface area contributed by atoms with Crippen molar-refractivity contribution < 1.29 is 4.79 Å². The Hall–Kier alpha value is -1.51. The lowest BCUT2D eigenvalue weighted by Gasteiger charge is -2.11. The lowest BCUT2D eigenvalue weighted by Crippen LogP contribution is -2.23. The topological polar surface area (TPSA) is 32.3 Å². The molecule has 1 aromatic carbocycles. The van der Waals surface area contributed by atoms with Gasteiger partial charge in [-0.1, -0.05) is 38.1 Å². The molecule has 0 bridgehead atoms. The summed E-state index contributed by atoms with van der Waals surface area (Å²) in [5, 5.41) is 2.97. The van der Waals surface area contributed by atoms with Crippen LogP contribution in [0.4, 0.5) is 4.79 Å². The highest BCUT2D eigenvalue weighted by atomic mass is 16.2. The van der Waals surface area contributed by atoms with Crippen LogP contribution in [0.2, 0.25) is 0 Å². The molecule has 1 N–H and O–H groups in total. The van der Waals surface area contributed by atoms with Gasteiger partial charge < -0.3 is 10.2 Å². The van der Waals surface area contributed by atoms with Gasteiger partial charge >= 0.3 is 6.03 Å². The standard InChI is InChI=1S/C14H20N2O/c1-10(2)8-11-4-6-12(7-5-11)13-9-16(3)14(17)15-13/h4-7,10,13H,8-9H2,1-3H3,(H,15,17). The normalized spacial score (nSPS) is 19.9. The molecule has 3 heteroatoms. The monoisotopic (exact) mass is 232 g/mol. The van der Waals surface area contributed by atoms with E-state index in [4.69, 9.17) is 0 Å². The number of nitrogens with zero attached hydrogens (tertiary/aromatic N) is 1. The molecule has 0 spiro atoms. The molecule has 17 heavy (non-hydrogen) atoms. The molecule has 3 nitrogen and oxygen atoms in total. The van der Waals surface area contributed by atoms with Gasteiger partial charge in [0.25, 0.3) is 0 Å². The van der Waals surface area contributed by atoms with Gasteiger partial charge in [0.2, 0.25) is 0 Å². The summed E-state index contributed by atoms with van der Waals surface area (Å²) in [6.07, 6.45) is 1.11. The Morgan fingerprint density at radius 2 is 2.00 bits per heavy atom. The molecule has 1 aliphatic rings. The van der Waals surface area contributed by atoms with Crippen LogP contribution in [-0.4, -0.2) is 24.5 Å². The van der Waals surface area contributed by atoms with Crippen molar-refractivity contribution in [2.75, 3.05) is 13.6 Å². The van der Waals surface area contributed by atoms with E-state index in [1.807, 2.05) is 7.05 Å². The van der Waals surface area contributed by atoms with Crippen LogP contribution in [0.5, 0.6) is 0 Å². The van der Waals surface area contributed by atoms with Gasteiger partial charge in [0.1, 0.15) is 0 Å². The summed E-state index contributed by atoms with van der Waals surface area (Å²) >= 11 is 0. The molecule has 1 atom stereocenters. The number of hydrogen-bond donors (Lipinski definition) is 1. The van der Waals surface area contributed by atoms with Crippen LogP contribution in [0.25, 0.3) is 0 Å². The molecule has 1 fully saturated rings. The van der Waals surface area contributed by atoms with Crippen molar-refractivity contribution in [3.8, 4) is 0 Å². The van der Waals surface area contributed by atoms with Crippen LogP contribution in [0.3, 0.4) is 0 Å². The van der Waals surface area contributed by atoms with Crippen LogP contribution in [0.1, 0.15) is 31.0 Å². The van der Waals surface area contributed by atoms with Gasteiger partial charge in [0.15, 0.2) is 0 Å². The van der Waals surface area contributed by atoms with E-state index in [0.717, 1.165) is 13.0 Å². The van der Waals surface area contributed by atoms with Crippen molar-refractivity contribution in [3.63, 3.8) is 0 Å². The Labute approximate surface area is 103 Å². The number of rotatable bonds is 3. The number of carbonyl (C=O) groups is 1. The lowest BCUT2D eigenvalue weighted by atomic mass is 10.00. The quantitative estimate of drug-likeness (QED) is 0.853. The van der Waals surface area contributed by atoms with Crippen LogP contribution in [0, 0.1) is 5.92 Å². The highest BCUT2D eigenvalue weighted by Crippen LogP contribution is 2.20. The third-order valence-electron chi connectivity index (χ3n) is 3.13. The smallest absolute Gasteiger partial charge is 0.317 e. The lowest BCUT2D eigenvalue weighted by molar-refractivity contribution is 0.226. The molecule has 1 saturated heterocycles. The van der Waals surface area contributed by atoms with Gasteiger partial charge in [0, 0.05) is 13.6 Å². The number of urea groups is 1. The number of amides is 2. The van der Waals surface area contributed by atoms with Crippen molar-refractivity contribution in [2.45, 2.75) is 26.3 Å². The van der Waals surface area contributed by atoms with E-state index in [1.165, 1.54) is 11.1 Å². The molecule has 0 radical (unpaired) electrons. The zero-order chi connectivity index (χ0) is 12.4. The molecule has 2 amide bonds. The number of benzene rings is 1. The third-order valence-corrected chi connectivity index (χ3v) is 3.13. The van der Waals surface area contributed by atoms with Crippen molar-refractivity contribution in [3.05, 3.63) is 35.4 Å². The maximum Gasteiger partial charge on any atom is 0.317 e. The summed E-state index contributed by atoms with van der Waals surface area (Å²) in [6.45, 7) is 5.20. The van der Waals surface area contributed by atoms with E-state index in [0.29, 0.717) is 5.92 Å². The summed E-state index contributed by atoms with van der Waals surface area (Å²) in [6, 6.07) is 8.74. The first kappa shape index (κ1) is 12.0. The van der Waals surface area contributed by atoms with Gasteiger partial charge in [-0.25, -0.2) is 4.79 Å². The van der Waals surface area contributed by atoms with Gasteiger partial charge in [-0.15, -0.1) is 0 Å². The molecule has 0 aromatic heterocycles. The number of carbonyl (C=O) groups excluding carboxylic acids is 1. The highest BCUT2D eigenvalue weighted by molar-refractivity contribution is 5.76. The SMILES string of the molecule is CC(C)Cc1ccc(C2CN(C)C(=O)N2)cc1. The Morgan fingerprint density at radius 3 is 2.47 bits per heavy atom. The van der Waals surface area contributed by atoms with Gasteiger partial charge in [-0.3, -0.25) is 0 Å². The van der Waals surface area contributed by atoms with Crippen molar-refractivity contribution in [2.24, 2.45) is 5.92 Å². The second-order valence-corrected chi connectivity index (χ2v) is 5.22. The van der Waals surface area contributed by atoms with E-state index >= 15 is 0 Å². The van der Waals surface area contributed by atoms with Crippen molar-refractivity contribution in [1.29, 1.82) is 0 Å². The summed E-state index contributed by atoms with van der Waals surface area (Å²) in [4.78, 5) is 13.1. The molecular formula is C14H20N2O.